The van der Waals surface area contributed by atoms with Crippen molar-refractivity contribution in [1.82, 2.24) is 15.1 Å². The van der Waals surface area contributed by atoms with Gasteiger partial charge in [-0.2, -0.15) is 0 Å². The lowest BCUT2D eigenvalue weighted by Gasteiger charge is -2.43. The molecule has 2 aliphatic rings. The minimum absolute atomic E-state index is 0. The van der Waals surface area contributed by atoms with Crippen molar-refractivity contribution in [3.05, 3.63) is 0 Å². The standard InChI is InChI=1S/C13H25N3O2.2ClH/c1-11-8-16(3-5-17)13(7-14-11)9-15-4-6-18-10-12(15)2;;/h5,11-14H,3-4,6-10H2,1-2H3;2*1H/t11-,12-,13-;;/m1../s1. The van der Waals surface area contributed by atoms with Crippen LogP contribution in [0.2, 0.25) is 0 Å². The zero-order chi connectivity index (χ0) is 13.0. The molecule has 1 N–H and O–H groups in total. The molecule has 7 heteroatoms. The Morgan fingerprint density at radius 2 is 2.05 bits per heavy atom. The Bertz CT molecular complexity index is 284. The van der Waals surface area contributed by atoms with Gasteiger partial charge in [-0.1, -0.05) is 0 Å². The van der Waals surface area contributed by atoms with Gasteiger partial charge in [-0.25, -0.2) is 0 Å². The SMILES string of the molecule is C[C@@H]1CN(CC=O)[C@@H](CN2CCOC[C@H]2C)CN1.Cl.Cl. The van der Waals surface area contributed by atoms with Crippen molar-refractivity contribution in [2.24, 2.45) is 0 Å². The Hall–Kier alpha value is 0.0900. The van der Waals surface area contributed by atoms with Crippen LogP contribution in [0.4, 0.5) is 0 Å². The molecule has 0 spiro atoms. The summed E-state index contributed by atoms with van der Waals surface area (Å²) in [7, 11) is 0. The van der Waals surface area contributed by atoms with Gasteiger partial charge in [0, 0.05) is 44.3 Å². The van der Waals surface area contributed by atoms with Crippen molar-refractivity contribution in [3.8, 4) is 0 Å². The quantitative estimate of drug-likeness (QED) is 0.758. The zero-order valence-electron chi connectivity index (χ0n) is 12.3. The summed E-state index contributed by atoms with van der Waals surface area (Å²) >= 11 is 0. The fourth-order valence-electron chi connectivity index (χ4n) is 2.83. The first-order valence-corrected chi connectivity index (χ1v) is 6.93. The highest BCUT2D eigenvalue weighted by Gasteiger charge is 2.29. The van der Waals surface area contributed by atoms with Crippen LogP contribution in [0.15, 0.2) is 0 Å². The van der Waals surface area contributed by atoms with Crippen LogP contribution in [0.25, 0.3) is 0 Å². The molecule has 0 aliphatic carbocycles. The molecule has 5 nitrogen and oxygen atoms in total. The Balaban J connectivity index is 0.00000180. The summed E-state index contributed by atoms with van der Waals surface area (Å²) in [5.74, 6) is 0. The lowest BCUT2D eigenvalue weighted by atomic mass is 10.1. The molecule has 0 aromatic rings. The fraction of sp³-hybridized carbons (Fsp3) is 0.923. The molecule has 120 valence electrons. The number of morpholine rings is 1. The molecule has 20 heavy (non-hydrogen) atoms. The average molecular weight is 328 g/mol. The van der Waals surface area contributed by atoms with E-state index in [0.29, 0.717) is 24.7 Å². The van der Waals surface area contributed by atoms with Crippen LogP contribution in [0.1, 0.15) is 13.8 Å². The summed E-state index contributed by atoms with van der Waals surface area (Å²) in [6, 6.07) is 1.39. The summed E-state index contributed by atoms with van der Waals surface area (Å²) in [6.07, 6.45) is 1.02. The molecule has 0 saturated carbocycles. The molecule has 2 aliphatic heterocycles. The molecule has 2 rings (SSSR count). The number of nitrogens with zero attached hydrogens (tertiary/aromatic N) is 2. The van der Waals surface area contributed by atoms with E-state index in [4.69, 9.17) is 4.74 Å². The topological polar surface area (TPSA) is 44.8 Å². The van der Waals surface area contributed by atoms with Gasteiger partial charge in [-0.15, -0.1) is 24.8 Å². The lowest BCUT2D eigenvalue weighted by Crippen LogP contribution is -2.60. The number of ether oxygens (including phenoxy) is 1. The fourth-order valence-corrected chi connectivity index (χ4v) is 2.83. The van der Waals surface area contributed by atoms with Gasteiger partial charge in [-0.05, 0) is 13.8 Å². The number of aldehydes is 1. The third kappa shape index (κ3) is 5.47. The lowest BCUT2D eigenvalue weighted by molar-refractivity contribution is -0.110. The Kier molecular flexibility index (Phi) is 9.97. The van der Waals surface area contributed by atoms with E-state index >= 15 is 0 Å². The monoisotopic (exact) mass is 327 g/mol. The Morgan fingerprint density at radius 1 is 1.30 bits per heavy atom. The molecular weight excluding hydrogens is 301 g/mol. The molecule has 0 amide bonds. The van der Waals surface area contributed by atoms with E-state index < -0.39 is 0 Å². The molecule has 0 unspecified atom stereocenters. The first-order valence-electron chi connectivity index (χ1n) is 6.93. The highest BCUT2D eigenvalue weighted by Crippen LogP contribution is 2.12. The predicted molar refractivity (Wildman–Crippen MR) is 85.2 cm³/mol. The molecule has 0 aromatic carbocycles. The normalized spacial score (nSPS) is 32.0. The van der Waals surface area contributed by atoms with Gasteiger partial charge >= 0.3 is 0 Å². The van der Waals surface area contributed by atoms with Gasteiger partial charge in [0.15, 0.2) is 0 Å². The van der Waals surface area contributed by atoms with Gasteiger partial charge in [0.05, 0.1) is 19.8 Å². The third-order valence-electron chi connectivity index (χ3n) is 3.99. The minimum atomic E-state index is 0. The van der Waals surface area contributed by atoms with Gasteiger partial charge in [0.1, 0.15) is 6.29 Å². The highest BCUT2D eigenvalue weighted by atomic mass is 35.5. The van der Waals surface area contributed by atoms with E-state index in [1.165, 1.54) is 0 Å². The molecule has 2 fully saturated rings. The summed E-state index contributed by atoms with van der Waals surface area (Å²) in [6.45, 7) is 10.5. The first kappa shape index (κ1) is 20.1. The third-order valence-corrected chi connectivity index (χ3v) is 3.99. The Labute approximate surface area is 134 Å². The maximum absolute atomic E-state index is 10.8. The summed E-state index contributed by atoms with van der Waals surface area (Å²) in [5, 5.41) is 3.51. The van der Waals surface area contributed by atoms with E-state index in [1.807, 2.05) is 0 Å². The molecule has 0 radical (unpaired) electrons. The van der Waals surface area contributed by atoms with Crippen LogP contribution in [0, 0.1) is 0 Å². The predicted octanol–water partition coefficient (Wildman–Crippen LogP) is 0.412. The number of hydrogen-bond acceptors (Lipinski definition) is 5. The summed E-state index contributed by atoms with van der Waals surface area (Å²) < 4.78 is 5.47. The van der Waals surface area contributed by atoms with Crippen LogP contribution >= 0.6 is 24.8 Å². The largest absolute Gasteiger partial charge is 0.379 e. The summed E-state index contributed by atoms with van der Waals surface area (Å²) in [5.41, 5.74) is 0. The van der Waals surface area contributed by atoms with Crippen molar-refractivity contribution in [2.75, 3.05) is 45.9 Å². The van der Waals surface area contributed by atoms with Gasteiger partial charge in [0.2, 0.25) is 0 Å². The second-order valence-corrected chi connectivity index (χ2v) is 5.50. The second-order valence-electron chi connectivity index (χ2n) is 5.50. The summed E-state index contributed by atoms with van der Waals surface area (Å²) in [4.78, 5) is 15.6. The average Bonchev–Trinajstić information content (AvgIpc) is 2.35. The Morgan fingerprint density at radius 3 is 2.70 bits per heavy atom. The molecule has 2 saturated heterocycles. The van der Waals surface area contributed by atoms with Crippen LogP contribution in [0.3, 0.4) is 0 Å². The number of carbonyl (C=O) groups excluding carboxylic acids is 1. The molecule has 3 atom stereocenters. The number of hydrogen-bond donors (Lipinski definition) is 1. The van der Waals surface area contributed by atoms with E-state index in [9.17, 15) is 4.79 Å². The van der Waals surface area contributed by atoms with Crippen LogP contribution in [0.5, 0.6) is 0 Å². The van der Waals surface area contributed by atoms with Gasteiger partial charge in [-0.3, -0.25) is 9.80 Å². The number of rotatable bonds is 4. The minimum Gasteiger partial charge on any atom is -0.379 e. The van der Waals surface area contributed by atoms with Crippen molar-refractivity contribution >= 4 is 31.1 Å². The maximum Gasteiger partial charge on any atom is 0.133 e. The molecule has 0 aromatic heterocycles. The maximum atomic E-state index is 10.8. The highest BCUT2D eigenvalue weighted by molar-refractivity contribution is 5.85. The number of nitrogens with one attached hydrogen (secondary N) is 1. The number of halogens is 2. The molecule has 2 heterocycles. The van der Waals surface area contributed by atoms with E-state index in [0.717, 1.165) is 45.7 Å². The first-order chi connectivity index (χ1) is 8.70. The smallest absolute Gasteiger partial charge is 0.133 e. The number of piperazine rings is 1. The van der Waals surface area contributed by atoms with Crippen molar-refractivity contribution in [2.45, 2.75) is 32.0 Å². The molecule has 0 bridgehead atoms. The number of carbonyl (C=O) groups is 1. The van der Waals surface area contributed by atoms with Crippen LogP contribution in [-0.2, 0) is 9.53 Å². The zero-order valence-corrected chi connectivity index (χ0v) is 13.9. The van der Waals surface area contributed by atoms with Crippen LogP contribution < -0.4 is 5.32 Å². The van der Waals surface area contributed by atoms with E-state index in [2.05, 4.69) is 29.0 Å². The van der Waals surface area contributed by atoms with Crippen molar-refractivity contribution in [3.63, 3.8) is 0 Å². The van der Waals surface area contributed by atoms with E-state index in [-0.39, 0.29) is 24.8 Å². The van der Waals surface area contributed by atoms with Gasteiger partial charge < -0.3 is 14.8 Å². The van der Waals surface area contributed by atoms with Gasteiger partial charge in [0.25, 0.3) is 0 Å². The van der Waals surface area contributed by atoms with Crippen molar-refractivity contribution in [1.29, 1.82) is 0 Å². The van der Waals surface area contributed by atoms with E-state index in [1.54, 1.807) is 0 Å². The van der Waals surface area contributed by atoms with Crippen LogP contribution in [-0.4, -0.2) is 80.1 Å². The van der Waals surface area contributed by atoms with Crippen molar-refractivity contribution < 1.29 is 9.53 Å². The second kappa shape index (κ2) is 9.92. The molecular formula is C13H27Cl2N3O2.